The molecule has 0 saturated heterocycles. The topological polar surface area (TPSA) is 110 Å². The van der Waals surface area contributed by atoms with Gasteiger partial charge in [0.15, 0.2) is 9.84 Å². The van der Waals surface area contributed by atoms with Gasteiger partial charge in [0, 0.05) is 6.26 Å². The highest BCUT2D eigenvalue weighted by atomic mass is 32.2. The molecular formula is C26H30N2O6S2. The van der Waals surface area contributed by atoms with E-state index in [-0.39, 0.29) is 9.79 Å². The summed E-state index contributed by atoms with van der Waals surface area (Å²) in [6, 6.07) is 20.3. The van der Waals surface area contributed by atoms with Crippen molar-refractivity contribution in [2.75, 3.05) is 23.7 Å². The van der Waals surface area contributed by atoms with Gasteiger partial charge in [0.1, 0.15) is 12.3 Å². The molecule has 0 radical (unpaired) electrons. The Morgan fingerprint density at radius 2 is 1.44 bits per heavy atom. The van der Waals surface area contributed by atoms with Gasteiger partial charge in [-0.3, -0.25) is 9.10 Å². The molecule has 1 amide bonds. The van der Waals surface area contributed by atoms with Crippen LogP contribution >= 0.6 is 0 Å². The number of anilines is 1. The summed E-state index contributed by atoms with van der Waals surface area (Å²) in [7, 11) is -7.40. The van der Waals surface area contributed by atoms with Crippen molar-refractivity contribution in [1.29, 1.82) is 0 Å². The molecule has 0 bridgehead atoms. The van der Waals surface area contributed by atoms with E-state index in [4.69, 9.17) is 4.74 Å². The summed E-state index contributed by atoms with van der Waals surface area (Å²) >= 11 is 0. The van der Waals surface area contributed by atoms with Gasteiger partial charge < -0.3 is 10.1 Å². The number of carbonyl (C=O) groups excluding carboxylic acids is 1. The number of hydrogen-bond donors (Lipinski definition) is 1. The monoisotopic (exact) mass is 530 g/mol. The number of sulfonamides is 1. The molecular weight excluding hydrogens is 500 g/mol. The second kappa shape index (κ2) is 11.6. The number of amides is 1. The highest BCUT2D eigenvalue weighted by Crippen LogP contribution is 2.26. The van der Waals surface area contributed by atoms with Crippen molar-refractivity contribution >= 4 is 31.5 Å². The number of benzene rings is 3. The van der Waals surface area contributed by atoms with Crippen molar-refractivity contribution in [2.24, 2.45) is 0 Å². The van der Waals surface area contributed by atoms with E-state index in [9.17, 15) is 21.6 Å². The number of hydrogen-bond acceptors (Lipinski definition) is 6. The van der Waals surface area contributed by atoms with E-state index in [0.29, 0.717) is 24.5 Å². The lowest BCUT2D eigenvalue weighted by Gasteiger charge is -2.26. The zero-order chi connectivity index (χ0) is 26.3. The quantitative estimate of drug-likeness (QED) is 0.402. The van der Waals surface area contributed by atoms with Crippen LogP contribution in [-0.4, -0.2) is 42.2 Å². The summed E-state index contributed by atoms with van der Waals surface area (Å²) in [5.41, 5.74) is 1.07. The van der Waals surface area contributed by atoms with Gasteiger partial charge in [-0.1, -0.05) is 37.3 Å². The molecule has 0 spiro atoms. The Morgan fingerprint density at radius 3 is 1.97 bits per heavy atom. The number of nitrogens with zero attached hydrogens (tertiary/aromatic N) is 1. The normalized spacial score (nSPS) is 12.5. The number of rotatable bonds is 11. The molecule has 1 unspecified atom stereocenters. The number of para-hydroxylation sites is 1. The van der Waals surface area contributed by atoms with E-state index in [0.717, 1.165) is 16.1 Å². The average molecular weight is 531 g/mol. The Kier molecular flexibility index (Phi) is 8.75. The summed E-state index contributed by atoms with van der Waals surface area (Å²) in [4.78, 5) is 13.3. The van der Waals surface area contributed by atoms with Crippen LogP contribution in [0.3, 0.4) is 0 Å². The van der Waals surface area contributed by atoms with Crippen LogP contribution in [0.4, 0.5) is 5.69 Å². The Labute approximate surface area is 212 Å². The molecule has 8 nitrogen and oxygen atoms in total. The first kappa shape index (κ1) is 27.2. The lowest BCUT2D eigenvalue weighted by Crippen LogP contribution is -2.42. The second-order valence-electron chi connectivity index (χ2n) is 8.12. The lowest BCUT2D eigenvalue weighted by molar-refractivity contribution is -0.120. The molecule has 1 N–H and O–H groups in total. The molecule has 0 fully saturated rings. The summed E-state index contributed by atoms with van der Waals surface area (Å²) in [5.74, 6) is 0.0561. The molecule has 3 aromatic rings. The molecule has 0 heterocycles. The third kappa shape index (κ3) is 6.64. The summed E-state index contributed by atoms with van der Waals surface area (Å²) in [6.45, 7) is 3.74. The fourth-order valence-electron chi connectivity index (χ4n) is 3.65. The van der Waals surface area contributed by atoms with E-state index in [2.05, 4.69) is 5.32 Å². The maximum absolute atomic E-state index is 13.5. The van der Waals surface area contributed by atoms with Gasteiger partial charge in [-0.25, -0.2) is 16.8 Å². The van der Waals surface area contributed by atoms with Crippen LogP contribution in [0.25, 0.3) is 0 Å². The van der Waals surface area contributed by atoms with Gasteiger partial charge in [0.05, 0.1) is 28.1 Å². The predicted molar refractivity (Wildman–Crippen MR) is 139 cm³/mol. The van der Waals surface area contributed by atoms with E-state index in [1.165, 1.54) is 24.3 Å². The SMILES string of the molecule is CCOc1ccc(S(=O)(=O)N(CC(=O)NC(CC)c2ccc(S(C)(=O)=O)cc2)c2ccccc2)cc1. The van der Waals surface area contributed by atoms with Crippen molar-refractivity contribution in [3.8, 4) is 5.75 Å². The molecule has 0 aromatic heterocycles. The Balaban J connectivity index is 1.85. The van der Waals surface area contributed by atoms with Gasteiger partial charge in [0.2, 0.25) is 5.91 Å². The van der Waals surface area contributed by atoms with Crippen LogP contribution in [-0.2, 0) is 24.7 Å². The summed E-state index contributed by atoms with van der Waals surface area (Å²) < 4.78 is 57.0. The fourth-order valence-corrected chi connectivity index (χ4v) is 5.70. The number of nitrogens with one attached hydrogen (secondary N) is 1. The third-order valence-electron chi connectivity index (χ3n) is 5.51. The lowest BCUT2D eigenvalue weighted by atomic mass is 10.0. The molecule has 192 valence electrons. The smallest absolute Gasteiger partial charge is 0.264 e. The van der Waals surface area contributed by atoms with Crippen molar-refractivity contribution < 1.29 is 26.4 Å². The molecule has 0 aliphatic rings. The molecule has 3 aromatic carbocycles. The maximum Gasteiger partial charge on any atom is 0.264 e. The van der Waals surface area contributed by atoms with E-state index in [1.54, 1.807) is 54.6 Å². The van der Waals surface area contributed by atoms with E-state index < -0.39 is 38.4 Å². The first-order valence-electron chi connectivity index (χ1n) is 11.5. The standard InChI is InChI=1S/C26H30N2O6S2/c1-4-25(20-11-15-23(16-12-20)35(3,30)31)27-26(29)19-28(21-9-7-6-8-10-21)36(32,33)24-17-13-22(14-18-24)34-5-2/h6-18,25H,4-5,19H2,1-3H3,(H,27,29). The van der Waals surface area contributed by atoms with Gasteiger partial charge in [-0.2, -0.15) is 0 Å². The van der Waals surface area contributed by atoms with E-state index in [1.807, 2.05) is 13.8 Å². The minimum Gasteiger partial charge on any atom is -0.494 e. The van der Waals surface area contributed by atoms with E-state index >= 15 is 0 Å². The molecule has 10 heteroatoms. The van der Waals surface area contributed by atoms with Crippen LogP contribution in [0.5, 0.6) is 5.75 Å². The van der Waals surface area contributed by atoms with Crippen LogP contribution in [0.2, 0.25) is 0 Å². The van der Waals surface area contributed by atoms with Gasteiger partial charge in [0.25, 0.3) is 10.0 Å². The van der Waals surface area contributed by atoms with Gasteiger partial charge in [-0.15, -0.1) is 0 Å². The minimum absolute atomic E-state index is 0.0333. The van der Waals surface area contributed by atoms with Crippen LogP contribution in [0.15, 0.2) is 88.7 Å². The number of carbonyl (C=O) groups is 1. The fraction of sp³-hybridized carbons (Fsp3) is 0.269. The molecule has 0 aliphatic heterocycles. The highest BCUT2D eigenvalue weighted by molar-refractivity contribution is 7.93. The van der Waals surface area contributed by atoms with Crippen LogP contribution in [0.1, 0.15) is 31.9 Å². The van der Waals surface area contributed by atoms with Crippen molar-refractivity contribution in [2.45, 2.75) is 36.1 Å². The summed E-state index contributed by atoms with van der Waals surface area (Å²) in [6.07, 6.45) is 1.66. The highest BCUT2D eigenvalue weighted by Gasteiger charge is 2.28. The van der Waals surface area contributed by atoms with Crippen molar-refractivity contribution in [1.82, 2.24) is 5.32 Å². The second-order valence-corrected chi connectivity index (χ2v) is 12.0. The zero-order valence-electron chi connectivity index (χ0n) is 20.4. The van der Waals surface area contributed by atoms with Crippen LogP contribution in [0, 0.1) is 0 Å². The maximum atomic E-state index is 13.5. The third-order valence-corrected chi connectivity index (χ3v) is 8.42. The molecule has 36 heavy (non-hydrogen) atoms. The average Bonchev–Trinajstić information content (AvgIpc) is 2.86. The first-order valence-corrected chi connectivity index (χ1v) is 14.8. The van der Waals surface area contributed by atoms with Crippen molar-refractivity contribution in [3.05, 3.63) is 84.4 Å². The Bertz CT molecular complexity index is 1370. The van der Waals surface area contributed by atoms with Crippen LogP contribution < -0.4 is 14.4 Å². The Morgan fingerprint density at radius 1 is 0.861 bits per heavy atom. The largest absolute Gasteiger partial charge is 0.494 e. The minimum atomic E-state index is -4.06. The predicted octanol–water partition coefficient (Wildman–Crippen LogP) is 3.95. The zero-order valence-corrected chi connectivity index (χ0v) is 22.1. The summed E-state index contributed by atoms with van der Waals surface area (Å²) in [5, 5.41) is 2.88. The van der Waals surface area contributed by atoms with Crippen molar-refractivity contribution in [3.63, 3.8) is 0 Å². The van der Waals surface area contributed by atoms with Gasteiger partial charge >= 0.3 is 0 Å². The van der Waals surface area contributed by atoms with Gasteiger partial charge in [-0.05, 0) is 67.4 Å². The molecule has 0 saturated carbocycles. The Hall–Kier alpha value is -3.37. The molecule has 1 atom stereocenters. The number of ether oxygens (including phenoxy) is 1. The number of sulfone groups is 1. The first-order chi connectivity index (χ1) is 17.1. The molecule has 0 aliphatic carbocycles. The molecule has 3 rings (SSSR count).